The van der Waals surface area contributed by atoms with E-state index in [1.165, 1.54) is 6.26 Å². The largest absolute Gasteiger partial charge is 0.467 e. The number of halogens is 1. The lowest BCUT2D eigenvalue weighted by Crippen LogP contribution is -2.37. The summed E-state index contributed by atoms with van der Waals surface area (Å²) in [6.45, 7) is 1.26. The van der Waals surface area contributed by atoms with Gasteiger partial charge in [-0.25, -0.2) is 8.42 Å². The Balaban J connectivity index is 0.00000288. The summed E-state index contributed by atoms with van der Waals surface area (Å²) in [7, 11) is -1.43. The number of hydrogen-bond donors (Lipinski definition) is 2. The molecule has 132 valence electrons. The maximum Gasteiger partial charge on any atom is 0.191 e. The lowest BCUT2D eigenvalue weighted by Gasteiger charge is -2.11. The molecule has 2 aromatic rings. The van der Waals surface area contributed by atoms with Crippen molar-refractivity contribution >= 4 is 39.8 Å². The van der Waals surface area contributed by atoms with E-state index >= 15 is 0 Å². The van der Waals surface area contributed by atoms with Gasteiger partial charge in [-0.2, -0.15) is 0 Å². The second kappa shape index (κ2) is 9.67. The van der Waals surface area contributed by atoms with Crippen molar-refractivity contribution in [3.8, 4) is 0 Å². The zero-order chi connectivity index (χ0) is 16.7. The average Bonchev–Trinajstić information content (AvgIpc) is 3.03. The Hall–Kier alpha value is -1.55. The van der Waals surface area contributed by atoms with E-state index in [0.29, 0.717) is 23.9 Å². The number of rotatable bonds is 6. The Kier molecular flexibility index (Phi) is 8.26. The van der Waals surface area contributed by atoms with Crippen LogP contribution in [0.3, 0.4) is 0 Å². The van der Waals surface area contributed by atoms with Gasteiger partial charge in [0.1, 0.15) is 5.76 Å². The molecule has 0 unspecified atom stereocenters. The van der Waals surface area contributed by atoms with Crippen molar-refractivity contribution in [1.29, 1.82) is 0 Å². The highest BCUT2D eigenvalue weighted by molar-refractivity contribution is 14.0. The lowest BCUT2D eigenvalue weighted by molar-refractivity contribution is 0.501. The van der Waals surface area contributed by atoms with E-state index in [1.807, 2.05) is 24.3 Å². The van der Waals surface area contributed by atoms with Crippen LogP contribution in [0.25, 0.3) is 0 Å². The summed E-state index contributed by atoms with van der Waals surface area (Å²) in [6, 6.07) is 10.7. The molecule has 0 saturated carbocycles. The monoisotopic (exact) mass is 463 g/mol. The van der Waals surface area contributed by atoms with Crippen molar-refractivity contribution < 1.29 is 12.8 Å². The van der Waals surface area contributed by atoms with Crippen LogP contribution in [0.4, 0.5) is 0 Å². The van der Waals surface area contributed by atoms with Crippen molar-refractivity contribution in [1.82, 2.24) is 10.6 Å². The molecule has 8 heteroatoms. The van der Waals surface area contributed by atoms with Crippen LogP contribution in [-0.4, -0.2) is 34.2 Å². The molecule has 0 radical (unpaired) electrons. The first-order chi connectivity index (χ1) is 11.0. The second-order valence-electron chi connectivity index (χ2n) is 5.10. The zero-order valence-corrected chi connectivity index (χ0v) is 16.8. The van der Waals surface area contributed by atoms with E-state index in [1.54, 1.807) is 25.4 Å². The highest BCUT2D eigenvalue weighted by atomic mass is 127. The molecule has 6 nitrogen and oxygen atoms in total. The molecule has 24 heavy (non-hydrogen) atoms. The predicted molar refractivity (Wildman–Crippen MR) is 106 cm³/mol. The lowest BCUT2D eigenvalue weighted by atomic mass is 10.1. The van der Waals surface area contributed by atoms with Crippen LogP contribution in [-0.2, 0) is 22.8 Å². The van der Waals surface area contributed by atoms with E-state index in [0.717, 1.165) is 17.7 Å². The number of aliphatic imine (C=N–C) groups is 1. The van der Waals surface area contributed by atoms with Gasteiger partial charge in [-0.15, -0.1) is 24.0 Å². The summed E-state index contributed by atoms with van der Waals surface area (Å²) in [5.74, 6) is 1.53. The molecule has 0 spiro atoms. The molecule has 1 heterocycles. The van der Waals surface area contributed by atoms with Crippen LogP contribution in [0.5, 0.6) is 0 Å². The zero-order valence-electron chi connectivity index (χ0n) is 13.7. The number of furan rings is 1. The van der Waals surface area contributed by atoms with Crippen LogP contribution >= 0.6 is 24.0 Å². The van der Waals surface area contributed by atoms with Crippen LogP contribution in [0, 0.1) is 0 Å². The van der Waals surface area contributed by atoms with Crippen molar-refractivity contribution in [2.24, 2.45) is 4.99 Å². The molecule has 1 aromatic heterocycles. The molecule has 0 bridgehead atoms. The standard InChI is InChI=1S/C16H21N3O3S.HI/c1-17-16(19-12-14-4-3-11-22-14)18-10-9-13-5-7-15(8-6-13)23(2,20)21;/h3-8,11H,9-10,12H2,1-2H3,(H2,17,18,19);1H. The Bertz CT molecular complexity index is 741. The first kappa shape index (κ1) is 20.5. The molecule has 2 rings (SSSR count). The van der Waals surface area contributed by atoms with Gasteiger partial charge < -0.3 is 15.1 Å². The topological polar surface area (TPSA) is 83.7 Å². The normalized spacial score (nSPS) is 11.7. The third-order valence-electron chi connectivity index (χ3n) is 3.29. The van der Waals surface area contributed by atoms with Crippen molar-refractivity contribution in [3.63, 3.8) is 0 Å². The molecule has 0 aliphatic carbocycles. The SMILES string of the molecule is CN=C(NCCc1ccc(S(C)(=O)=O)cc1)NCc1ccco1.I. The molecule has 0 saturated heterocycles. The summed E-state index contributed by atoms with van der Waals surface area (Å²) in [5, 5.41) is 6.36. The van der Waals surface area contributed by atoms with Crippen LogP contribution in [0.15, 0.2) is 57.0 Å². The van der Waals surface area contributed by atoms with Crippen LogP contribution in [0.1, 0.15) is 11.3 Å². The number of hydrogen-bond acceptors (Lipinski definition) is 4. The fraction of sp³-hybridized carbons (Fsp3) is 0.312. The molecule has 0 amide bonds. The van der Waals surface area contributed by atoms with E-state index in [4.69, 9.17) is 4.42 Å². The summed E-state index contributed by atoms with van der Waals surface area (Å²) in [4.78, 5) is 4.48. The smallest absolute Gasteiger partial charge is 0.191 e. The molecular formula is C16H22IN3O3S. The van der Waals surface area contributed by atoms with Gasteiger partial charge in [0.25, 0.3) is 0 Å². The van der Waals surface area contributed by atoms with Crippen molar-refractivity contribution in [2.45, 2.75) is 17.9 Å². The molecule has 2 N–H and O–H groups in total. The Labute approximate surface area is 159 Å². The number of nitrogens with zero attached hydrogens (tertiary/aromatic N) is 1. The summed E-state index contributed by atoms with van der Waals surface area (Å²) < 4.78 is 28.1. The minimum absolute atomic E-state index is 0. The Morgan fingerprint density at radius 3 is 2.42 bits per heavy atom. The van der Waals surface area contributed by atoms with Gasteiger partial charge in [-0.1, -0.05) is 12.1 Å². The highest BCUT2D eigenvalue weighted by Gasteiger charge is 2.06. The summed E-state index contributed by atoms with van der Waals surface area (Å²) >= 11 is 0. The first-order valence-electron chi connectivity index (χ1n) is 7.25. The Morgan fingerprint density at radius 1 is 1.17 bits per heavy atom. The first-order valence-corrected chi connectivity index (χ1v) is 9.14. The molecular weight excluding hydrogens is 441 g/mol. The molecule has 1 aromatic carbocycles. The second-order valence-corrected chi connectivity index (χ2v) is 7.11. The maximum absolute atomic E-state index is 11.4. The van der Waals surface area contributed by atoms with E-state index in [2.05, 4.69) is 15.6 Å². The predicted octanol–water partition coefficient (Wildman–Crippen LogP) is 2.21. The summed E-state index contributed by atoms with van der Waals surface area (Å²) in [5.41, 5.74) is 1.06. The third kappa shape index (κ3) is 6.52. The van der Waals surface area contributed by atoms with Gasteiger partial charge in [0.2, 0.25) is 0 Å². The number of sulfone groups is 1. The molecule has 0 fully saturated rings. The van der Waals surface area contributed by atoms with Crippen molar-refractivity contribution in [2.75, 3.05) is 19.8 Å². The van der Waals surface area contributed by atoms with Gasteiger partial charge in [0.05, 0.1) is 17.7 Å². The third-order valence-corrected chi connectivity index (χ3v) is 4.42. The minimum atomic E-state index is -3.14. The number of benzene rings is 1. The maximum atomic E-state index is 11.4. The van der Waals surface area contributed by atoms with E-state index < -0.39 is 9.84 Å². The minimum Gasteiger partial charge on any atom is -0.467 e. The fourth-order valence-electron chi connectivity index (χ4n) is 2.03. The van der Waals surface area contributed by atoms with E-state index in [9.17, 15) is 8.42 Å². The molecule has 0 atom stereocenters. The van der Waals surface area contributed by atoms with Crippen LogP contribution < -0.4 is 10.6 Å². The Morgan fingerprint density at radius 2 is 1.88 bits per heavy atom. The average molecular weight is 463 g/mol. The highest BCUT2D eigenvalue weighted by Crippen LogP contribution is 2.10. The van der Waals surface area contributed by atoms with Gasteiger partial charge in [0.15, 0.2) is 15.8 Å². The number of nitrogens with one attached hydrogen (secondary N) is 2. The molecule has 0 aliphatic rings. The van der Waals surface area contributed by atoms with Gasteiger partial charge in [0, 0.05) is 19.8 Å². The van der Waals surface area contributed by atoms with Crippen LogP contribution in [0.2, 0.25) is 0 Å². The van der Waals surface area contributed by atoms with Gasteiger partial charge in [-0.05, 0) is 36.2 Å². The number of guanidine groups is 1. The fourth-order valence-corrected chi connectivity index (χ4v) is 2.66. The quantitative estimate of drug-likeness (QED) is 0.390. The van der Waals surface area contributed by atoms with Crippen molar-refractivity contribution in [3.05, 3.63) is 54.0 Å². The van der Waals surface area contributed by atoms with E-state index in [-0.39, 0.29) is 24.0 Å². The van der Waals surface area contributed by atoms with Gasteiger partial charge in [-0.3, -0.25) is 4.99 Å². The van der Waals surface area contributed by atoms with Gasteiger partial charge >= 0.3 is 0 Å². The molecule has 0 aliphatic heterocycles. The summed E-state index contributed by atoms with van der Waals surface area (Å²) in [6.07, 6.45) is 3.61.